The molecule has 1 aliphatic carbocycles. The Morgan fingerprint density at radius 3 is 2.53 bits per heavy atom. The average molecular weight is 214 g/mol. The van der Waals surface area contributed by atoms with Gasteiger partial charge in [0.25, 0.3) is 0 Å². The summed E-state index contributed by atoms with van der Waals surface area (Å²) in [6.07, 6.45) is 5.57. The molecular weight excluding hydrogens is 188 g/mol. The minimum atomic E-state index is 0.525. The van der Waals surface area contributed by atoms with Crippen LogP contribution >= 0.6 is 0 Å². The number of rotatable bonds is 7. The van der Waals surface area contributed by atoms with E-state index in [1.54, 1.807) is 7.11 Å². The molecule has 1 fully saturated rings. The van der Waals surface area contributed by atoms with E-state index in [-0.39, 0.29) is 0 Å². The predicted octanol–water partition coefficient (Wildman–Crippen LogP) is 1.34. The molecule has 0 aromatic carbocycles. The molecule has 3 nitrogen and oxygen atoms in total. The molecule has 0 saturated heterocycles. The first kappa shape index (κ1) is 12.9. The molecule has 0 spiro atoms. The lowest BCUT2D eigenvalue weighted by atomic mass is 9.85. The summed E-state index contributed by atoms with van der Waals surface area (Å²) in [6.45, 7) is 4.25. The fourth-order valence-corrected chi connectivity index (χ4v) is 2.79. The van der Waals surface area contributed by atoms with E-state index in [0.717, 1.165) is 19.7 Å². The Hall–Kier alpha value is -0.120. The maximum absolute atomic E-state index is 5.11. The summed E-state index contributed by atoms with van der Waals surface area (Å²) < 4.78 is 5.11. The third-order valence-corrected chi connectivity index (χ3v) is 3.50. The fourth-order valence-electron chi connectivity index (χ4n) is 2.79. The van der Waals surface area contributed by atoms with Crippen LogP contribution in [-0.4, -0.2) is 52.3 Å². The summed E-state index contributed by atoms with van der Waals surface area (Å²) >= 11 is 0. The molecule has 0 aliphatic heterocycles. The van der Waals surface area contributed by atoms with Crippen molar-refractivity contribution in [1.82, 2.24) is 10.2 Å². The van der Waals surface area contributed by atoms with Crippen LogP contribution in [-0.2, 0) is 4.74 Å². The standard InChI is InChI=1S/C12H26N2O/c1-13-10-12(6-4-5-7-12)11-14(2)8-9-15-3/h13H,4-11H2,1-3H3. The van der Waals surface area contributed by atoms with Gasteiger partial charge in [-0.1, -0.05) is 12.8 Å². The number of hydrogen-bond donors (Lipinski definition) is 1. The normalized spacial score (nSPS) is 20.0. The Labute approximate surface area is 94.2 Å². The second-order valence-corrected chi connectivity index (χ2v) is 4.97. The number of hydrogen-bond acceptors (Lipinski definition) is 3. The van der Waals surface area contributed by atoms with Crippen LogP contribution in [0.2, 0.25) is 0 Å². The molecule has 0 unspecified atom stereocenters. The monoisotopic (exact) mass is 214 g/mol. The van der Waals surface area contributed by atoms with Crippen molar-refractivity contribution in [2.75, 3.05) is 47.4 Å². The van der Waals surface area contributed by atoms with Crippen molar-refractivity contribution in [3.8, 4) is 0 Å². The first-order chi connectivity index (χ1) is 7.22. The highest BCUT2D eigenvalue weighted by Gasteiger charge is 2.33. The molecule has 1 N–H and O–H groups in total. The van der Waals surface area contributed by atoms with Crippen LogP contribution in [0.15, 0.2) is 0 Å². The Balaban J connectivity index is 2.36. The zero-order valence-electron chi connectivity index (χ0n) is 10.5. The molecule has 0 aromatic rings. The molecule has 0 amide bonds. The van der Waals surface area contributed by atoms with Gasteiger partial charge in [-0.2, -0.15) is 0 Å². The van der Waals surface area contributed by atoms with E-state index >= 15 is 0 Å². The molecule has 0 heterocycles. The SMILES string of the molecule is CNCC1(CN(C)CCOC)CCCC1. The fraction of sp³-hybridized carbons (Fsp3) is 1.00. The van der Waals surface area contributed by atoms with Crippen LogP contribution in [0.5, 0.6) is 0 Å². The number of ether oxygens (including phenoxy) is 1. The van der Waals surface area contributed by atoms with E-state index in [1.165, 1.54) is 32.2 Å². The van der Waals surface area contributed by atoms with Crippen molar-refractivity contribution in [2.45, 2.75) is 25.7 Å². The second-order valence-electron chi connectivity index (χ2n) is 4.97. The Bertz CT molecular complexity index is 167. The molecule has 0 radical (unpaired) electrons. The maximum Gasteiger partial charge on any atom is 0.0589 e. The van der Waals surface area contributed by atoms with E-state index in [0.29, 0.717) is 5.41 Å². The molecule has 1 rings (SSSR count). The van der Waals surface area contributed by atoms with Crippen molar-refractivity contribution in [3.63, 3.8) is 0 Å². The zero-order valence-corrected chi connectivity index (χ0v) is 10.5. The lowest BCUT2D eigenvalue weighted by molar-refractivity contribution is 0.124. The minimum absolute atomic E-state index is 0.525. The average Bonchev–Trinajstić information content (AvgIpc) is 2.64. The first-order valence-electron chi connectivity index (χ1n) is 6.04. The third kappa shape index (κ3) is 4.09. The Morgan fingerprint density at radius 2 is 2.00 bits per heavy atom. The van der Waals surface area contributed by atoms with Gasteiger partial charge in [-0.05, 0) is 32.4 Å². The minimum Gasteiger partial charge on any atom is -0.383 e. The van der Waals surface area contributed by atoms with Crippen molar-refractivity contribution in [3.05, 3.63) is 0 Å². The molecule has 0 aromatic heterocycles. The summed E-state index contributed by atoms with van der Waals surface area (Å²) in [5, 5.41) is 3.35. The van der Waals surface area contributed by atoms with Crippen molar-refractivity contribution >= 4 is 0 Å². The van der Waals surface area contributed by atoms with Crippen molar-refractivity contribution in [1.29, 1.82) is 0 Å². The number of methoxy groups -OCH3 is 1. The van der Waals surface area contributed by atoms with Gasteiger partial charge >= 0.3 is 0 Å². The molecule has 3 heteroatoms. The Morgan fingerprint density at radius 1 is 1.33 bits per heavy atom. The lowest BCUT2D eigenvalue weighted by Crippen LogP contribution is -2.41. The van der Waals surface area contributed by atoms with E-state index < -0.39 is 0 Å². The number of nitrogens with zero attached hydrogens (tertiary/aromatic N) is 1. The van der Waals surface area contributed by atoms with Crippen LogP contribution in [0.3, 0.4) is 0 Å². The van der Waals surface area contributed by atoms with Gasteiger partial charge in [0.1, 0.15) is 0 Å². The van der Waals surface area contributed by atoms with E-state index in [4.69, 9.17) is 4.74 Å². The van der Waals surface area contributed by atoms with E-state index in [9.17, 15) is 0 Å². The number of nitrogens with one attached hydrogen (secondary N) is 1. The van der Waals surface area contributed by atoms with Gasteiger partial charge in [0.05, 0.1) is 6.61 Å². The predicted molar refractivity (Wildman–Crippen MR) is 64.2 cm³/mol. The lowest BCUT2D eigenvalue weighted by Gasteiger charge is -2.33. The first-order valence-corrected chi connectivity index (χ1v) is 6.04. The highest BCUT2D eigenvalue weighted by Crippen LogP contribution is 2.37. The molecule has 1 aliphatic rings. The molecule has 0 atom stereocenters. The quantitative estimate of drug-likeness (QED) is 0.692. The van der Waals surface area contributed by atoms with Gasteiger partial charge in [0.2, 0.25) is 0 Å². The largest absolute Gasteiger partial charge is 0.383 e. The highest BCUT2D eigenvalue weighted by molar-refractivity contribution is 4.88. The van der Waals surface area contributed by atoms with E-state index in [1.807, 2.05) is 0 Å². The summed E-state index contributed by atoms with van der Waals surface area (Å²) in [6, 6.07) is 0. The summed E-state index contributed by atoms with van der Waals surface area (Å²) in [5.74, 6) is 0. The van der Waals surface area contributed by atoms with Crippen molar-refractivity contribution < 1.29 is 4.74 Å². The maximum atomic E-state index is 5.11. The van der Waals surface area contributed by atoms with Crippen LogP contribution in [0.1, 0.15) is 25.7 Å². The molecule has 0 bridgehead atoms. The number of likely N-dealkylation sites (N-methyl/N-ethyl adjacent to an activating group) is 1. The van der Waals surface area contributed by atoms with Crippen LogP contribution in [0.25, 0.3) is 0 Å². The van der Waals surface area contributed by atoms with Gasteiger partial charge in [0, 0.05) is 26.7 Å². The Kier molecular flexibility index (Phi) is 5.58. The molecular formula is C12H26N2O. The van der Waals surface area contributed by atoms with Gasteiger partial charge in [-0.25, -0.2) is 0 Å². The van der Waals surface area contributed by atoms with Gasteiger partial charge in [0.15, 0.2) is 0 Å². The zero-order chi connectivity index (χ0) is 11.1. The third-order valence-electron chi connectivity index (χ3n) is 3.50. The summed E-state index contributed by atoms with van der Waals surface area (Å²) in [7, 11) is 6.04. The second kappa shape index (κ2) is 6.46. The smallest absolute Gasteiger partial charge is 0.0589 e. The summed E-state index contributed by atoms with van der Waals surface area (Å²) in [5.41, 5.74) is 0.525. The van der Waals surface area contributed by atoms with Crippen LogP contribution < -0.4 is 5.32 Å². The molecule has 90 valence electrons. The van der Waals surface area contributed by atoms with E-state index in [2.05, 4.69) is 24.3 Å². The molecule has 1 saturated carbocycles. The topological polar surface area (TPSA) is 24.5 Å². The van der Waals surface area contributed by atoms with Gasteiger partial charge in [-0.15, -0.1) is 0 Å². The van der Waals surface area contributed by atoms with Crippen LogP contribution in [0, 0.1) is 5.41 Å². The van der Waals surface area contributed by atoms with Crippen molar-refractivity contribution in [2.24, 2.45) is 5.41 Å². The molecule has 15 heavy (non-hydrogen) atoms. The van der Waals surface area contributed by atoms with Crippen LogP contribution in [0.4, 0.5) is 0 Å². The summed E-state index contributed by atoms with van der Waals surface area (Å²) in [4.78, 5) is 2.41. The highest BCUT2D eigenvalue weighted by atomic mass is 16.5. The van der Waals surface area contributed by atoms with Gasteiger partial charge in [-0.3, -0.25) is 0 Å². The van der Waals surface area contributed by atoms with Gasteiger partial charge < -0.3 is 15.0 Å².